The average molecular weight is 247 g/mol. The number of nitrogens with zero attached hydrogens (tertiary/aromatic N) is 1. The van der Waals surface area contributed by atoms with Gasteiger partial charge in [-0.3, -0.25) is 9.59 Å². The Labute approximate surface area is 108 Å². The van der Waals surface area contributed by atoms with Crippen LogP contribution in [-0.2, 0) is 4.79 Å². The minimum atomic E-state index is -0.451. The van der Waals surface area contributed by atoms with Crippen LogP contribution in [0.1, 0.15) is 15.9 Å². The molecule has 0 bridgehead atoms. The Morgan fingerprint density at radius 1 is 0.947 bits per heavy atom. The first kappa shape index (κ1) is 10.3. The molecule has 0 radical (unpaired) electrons. The molecular weight excluding hydrogens is 238 g/mol. The molecule has 0 N–H and O–H groups in total. The van der Waals surface area contributed by atoms with E-state index in [9.17, 15) is 9.59 Å². The van der Waals surface area contributed by atoms with E-state index in [1.165, 1.54) is 6.08 Å². The Kier molecular flexibility index (Phi) is 1.85. The molecule has 0 unspecified atom stereocenters. The van der Waals surface area contributed by atoms with Crippen LogP contribution < -0.4 is 0 Å². The predicted octanol–water partition coefficient (Wildman–Crippen LogP) is 2.87. The van der Waals surface area contributed by atoms with Gasteiger partial charge in [-0.25, -0.2) is 0 Å². The fourth-order valence-corrected chi connectivity index (χ4v) is 2.60. The van der Waals surface area contributed by atoms with Gasteiger partial charge in [0.2, 0.25) is 11.6 Å². The van der Waals surface area contributed by atoms with E-state index in [0.717, 1.165) is 21.9 Å². The molecule has 0 atom stereocenters. The number of hydrogen-bond donors (Lipinski definition) is 0. The highest BCUT2D eigenvalue weighted by Gasteiger charge is 2.21. The maximum atomic E-state index is 11.9. The Hall–Kier alpha value is -2.68. The van der Waals surface area contributed by atoms with Gasteiger partial charge in [0.25, 0.3) is 0 Å². The molecule has 3 nitrogen and oxygen atoms in total. The van der Waals surface area contributed by atoms with Crippen molar-refractivity contribution in [2.24, 2.45) is 0 Å². The number of ketones is 2. The minimum absolute atomic E-state index is 0.426. The van der Waals surface area contributed by atoms with Gasteiger partial charge in [0.1, 0.15) is 0 Å². The second-order valence-corrected chi connectivity index (χ2v) is 4.68. The molecule has 0 aliphatic heterocycles. The quantitative estimate of drug-likeness (QED) is 0.573. The fourth-order valence-electron chi connectivity index (χ4n) is 2.60. The zero-order valence-electron chi connectivity index (χ0n) is 9.96. The number of hydrogen-bond acceptors (Lipinski definition) is 2. The van der Waals surface area contributed by atoms with Crippen molar-refractivity contribution < 1.29 is 9.59 Å². The third-order valence-corrected chi connectivity index (χ3v) is 3.55. The van der Waals surface area contributed by atoms with Gasteiger partial charge >= 0.3 is 0 Å². The van der Waals surface area contributed by atoms with Crippen LogP contribution in [0, 0.1) is 0 Å². The lowest BCUT2D eigenvalue weighted by molar-refractivity contribution is -0.110. The predicted molar refractivity (Wildman–Crippen MR) is 73.3 cm³/mol. The number of benzene rings is 1. The van der Waals surface area contributed by atoms with Gasteiger partial charge in [-0.15, -0.1) is 0 Å². The Morgan fingerprint density at radius 3 is 2.68 bits per heavy atom. The Balaban J connectivity index is 2.15. The summed E-state index contributed by atoms with van der Waals surface area (Å²) in [6, 6.07) is 9.80. The third kappa shape index (κ3) is 1.32. The summed E-state index contributed by atoms with van der Waals surface area (Å²) < 4.78 is 2.00. The topological polar surface area (TPSA) is 38.5 Å². The van der Waals surface area contributed by atoms with E-state index in [-0.39, 0.29) is 0 Å². The number of aromatic nitrogens is 1. The normalized spacial score (nSPS) is 14.3. The first-order chi connectivity index (χ1) is 9.24. The van der Waals surface area contributed by atoms with Gasteiger partial charge in [0.15, 0.2) is 0 Å². The van der Waals surface area contributed by atoms with Crippen LogP contribution in [0.5, 0.6) is 0 Å². The average Bonchev–Trinajstić information content (AvgIpc) is 2.79. The van der Waals surface area contributed by atoms with E-state index < -0.39 is 11.6 Å². The highest BCUT2D eigenvalue weighted by Crippen LogP contribution is 2.26. The molecule has 2 aromatic heterocycles. The summed E-state index contributed by atoms with van der Waals surface area (Å²) in [6.45, 7) is 0. The molecule has 0 fully saturated rings. The molecule has 4 rings (SSSR count). The second-order valence-electron chi connectivity index (χ2n) is 4.68. The van der Waals surface area contributed by atoms with Gasteiger partial charge in [-0.05, 0) is 18.2 Å². The van der Waals surface area contributed by atoms with Crippen LogP contribution in [0.25, 0.3) is 22.4 Å². The van der Waals surface area contributed by atoms with Crippen LogP contribution in [0.3, 0.4) is 0 Å². The van der Waals surface area contributed by atoms with Crippen molar-refractivity contribution in [3.05, 3.63) is 59.9 Å². The van der Waals surface area contributed by atoms with Gasteiger partial charge in [0, 0.05) is 34.3 Å². The Morgan fingerprint density at radius 2 is 1.79 bits per heavy atom. The summed E-state index contributed by atoms with van der Waals surface area (Å²) in [5, 5.41) is 2.20. The van der Waals surface area contributed by atoms with E-state index in [1.807, 2.05) is 41.1 Å². The number of carbonyl (C=O) groups is 2. The van der Waals surface area contributed by atoms with Gasteiger partial charge in [-0.1, -0.05) is 24.3 Å². The zero-order valence-corrected chi connectivity index (χ0v) is 9.96. The number of carbonyl (C=O) groups excluding carboxylic acids is 2. The van der Waals surface area contributed by atoms with Crippen molar-refractivity contribution in [3.8, 4) is 0 Å². The van der Waals surface area contributed by atoms with Gasteiger partial charge in [0.05, 0.1) is 5.52 Å². The van der Waals surface area contributed by atoms with Crippen LogP contribution in [0.4, 0.5) is 0 Å². The second kappa shape index (κ2) is 3.42. The van der Waals surface area contributed by atoms with E-state index in [4.69, 9.17) is 0 Å². The summed E-state index contributed by atoms with van der Waals surface area (Å²) >= 11 is 0. The van der Waals surface area contributed by atoms with Crippen molar-refractivity contribution >= 4 is 33.9 Å². The highest BCUT2D eigenvalue weighted by molar-refractivity contribution is 6.50. The molecule has 0 amide bonds. The number of fused-ring (bicyclic) bond motifs is 4. The van der Waals surface area contributed by atoms with Gasteiger partial charge in [-0.2, -0.15) is 0 Å². The minimum Gasteiger partial charge on any atom is -0.322 e. The lowest BCUT2D eigenvalue weighted by atomic mass is 9.96. The third-order valence-electron chi connectivity index (χ3n) is 3.55. The van der Waals surface area contributed by atoms with Crippen LogP contribution in [-0.4, -0.2) is 16.0 Å². The summed E-state index contributed by atoms with van der Waals surface area (Å²) in [4.78, 5) is 23.4. The summed E-state index contributed by atoms with van der Waals surface area (Å²) in [6.07, 6.45) is 6.95. The molecule has 3 heteroatoms. The molecule has 1 aliphatic carbocycles. The highest BCUT2D eigenvalue weighted by atomic mass is 16.2. The molecule has 0 saturated carbocycles. The van der Waals surface area contributed by atoms with E-state index in [0.29, 0.717) is 5.56 Å². The maximum Gasteiger partial charge on any atom is 0.233 e. The fraction of sp³-hybridized carbons (Fsp3) is 0. The lowest BCUT2D eigenvalue weighted by Gasteiger charge is -2.09. The van der Waals surface area contributed by atoms with Crippen molar-refractivity contribution in [2.75, 3.05) is 0 Å². The number of Topliss-reactive ketones (excluding diaryl/α,β-unsaturated/α-hetero) is 1. The monoisotopic (exact) mass is 247 g/mol. The van der Waals surface area contributed by atoms with E-state index in [2.05, 4.69) is 0 Å². The van der Waals surface area contributed by atoms with Gasteiger partial charge < -0.3 is 4.40 Å². The standard InChI is InChI=1S/C16H9NO2/c18-15-6-5-11-9-17-8-10-3-1-2-4-12(10)14(17)7-13(11)16(15)19/h1-9H. The number of allylic oxidation sites excluding steroid dienone is 1. The maximum absolute atomic E-state index is 11.9. The van der Waals surface area contributed by atoms with Crippen LogP contribution in [0.2, 0.25) is 0 Å². The Bertz CT molecular complexity index is 900. The van der Waals surface area contributed by atoms with E-state index >= 15 is 0 Å². The van der Waals surface area contributed by atoms with Crippen LogP contribution >= 0.6 is 0 Å². The van der Waals surface area contributed by atoms with Crippen molar-refractivity contribution in [1.82, 2.24) is 4.40 Å². The molecule has 0 spiro atoms. The zero-order chi connectivity index (χ0) is 13.0. The SMILES string of the molecule is O=C1C=Cc2cn3cc4ccccc4c3cc2C1=O. The summed E-state index contributed by atoms with van der Waals surface area (Å²) in [7, 11) is 0. The van der Waals surface area contributed by atoms with Crippen molar-refractivity contribution in [2.45, 2.75) is 0 Å². The molecule has 0 saturated heterocycles. The first-order valence-corrected chi connectivity index (χ1v) is 6.04. The molecule has 1 aliphatic rings. The lowest BCUT2D eigenvalue weighted by Crippen LogP contribution is -2.16. The van der Waals surface area contributed by atoms with Crippen molar-refractivity contribution in [3.63, 3.8) is 0 Å². The molecule has 3 aromatic rings. The largest absolute Gasteiger partial charge is 0.322 e. The summed E-state index contributed by atoms with van der Waals surface area (Å²) in [5.74, 6) is -0.877. The molecule has 90 valence electrons. The molecule has 19 heavy (non-hydrogen) atoms. The smallest absolute Gasteiger partial charge is 0.233 e. The molecule has 1 aromatic carbocycles. The van der Waals surface area contributed by atoms with E-state index in [1.54, 1.807) is 12.1 Å². The molecule has 2 heterocycles. The first-order valence-electron chi connectivity index (χ1n) is 6.04. The van der Waals surface area contributed by atoms with Crippen LogP contribution in [0.15, 0.2) is 48.8 Å². The summed E-state index contributed by atoms with van der Waals surface area (Å²) in [5.41, 5.74) is 2.23. The number of rotatable bonds is 0. The molecular formula is C16H9NO2. The number of pyridine rings is 1. The van der Waals surface area contributed by atoms with Crippen molar-refractivity contribution in [1.29, 1.82) is 0 Å².